The summed E-state index contributed by atoms with van der Waals surface area (Å²) < 4.78 is 0. The van der Waals surface area contributed by atoms with Crippen molar-refractivity contribution in [1.82, 2.24) is 9.88 Å². The van der Waals surface area contributed by atoms with E-state index in [9.17, 15) is 4.79 Å². The summed E-state index contributed by atoms with van der Waals surface area (Å²) in [5, 5.41) is 3.21. The second-order valence-electron chi connectivity index (χ2n) is 4.95. The second kappa shape index (κ2) is 5.38. The zero-order chi connectivity index (χ0) is 13.1. The number of nitrogens with zero attached hydrogens (tertiary/aromatic N) is 2. The summed E-state index contributed by atoms with van der Waals surface area (Å²) in [4.78, 5) is 18.4. The molecule has 18 heavy (non-hydrogen) atoms. The highest BCUT2D eigenvalue weighted by molar-refractivity contribution is 5.99. The van der Waals surface area contributed by atoms with Gasteiger partial charge in [-0.15, -0.1) is 0 Å². The summed E-state index contributed by atoms with van der Waals surface area (Å²) in [7, 11) is 1.88. The Bertz CT molecular complexity index is 429. The lowest BCUT2D eigenvalue weighted by molar-refractivity contribution is 0.0728. The Balaban J connectivity index is 2.16. The number of rotatable bonds is 5. The number of carbonyl (C=O) groups is 1. The second-order valence-corrected chi connectivity index (χ2v) is 4.95. The van der Waals surface area contributed by atoms with Gasteiger partial charge in [-0.05, 0) is 38.7 Å². The number of hydrogen-bond donors (Lipinski definition) is 1. The normalized spacial score (nSPS) is 16.2. The van der Waals surface area contributed by atoms with E-state index in [0.717, 1.165) is 12.2 Å². The first-order chi connectivity index (χ1) is 8.65. The van der Waals surface area contributed by atoms with Gasteiger partial charge in [-0.1, -0.05) is 0 Å². The predicted octanol–water partition coefficient (Wildman–Crippen LogP) is 2.38. The Morgan fingerprint density at radius 3 is 2.94 bits per heavy atom. The van der Waals surface area contributed by atoms with Gasteiger partial charge in [0.15, 0.2) is 0 Å². The standard InChI is InChI=1S/C14H21N3O/c1-4-16-13-7-8-15-9-12(13)14(18)17(3)10(2)11-5-6-11/h7-11H,4-6H2,1-3H3,(H,15,16). The summed E-state index contributed by atoms with van der Waals surface area (Å²) in [5.74, 6) is 0.733. The van der Waals surface area contributed by atoms with E-state index in [1.54, 1.807) is 12.4 Å². The fraction of sp³-hybridized carbons (Fsp3) is 0.571. The van der Waals surface area contributed by atoms with Crippen LogP contribution in [0.15, 0.2) is 18.5 Å². The van der Waals surface area contributed by atoms with Crippen LogP contribution in [0, 0.1) is 5.92 Å². The summed E-state index contributed by atoms with van der Waals surface area (Å²) in [6, 6.07) is 2.17. The van der Waals surface area contributed by atoms with Crippen LogP contribution in [-0.2, 0) is 0 Å². The largest absolute Gasteiger partial charge is 0.385 e. The van der Waals surface area contributed by atoms with E-state index in [0.29, 0.717) is 17.5 Å². The van der Waals surface area contributed by atoms with Gasteiger partial charge in [0.2, 0.25) is 0 Å². The molecule has 1 aliphatic rings. The van der Waals surface area contributed by atoms with Crippen LogP contribution in [0.2, 0.25) is 0 Å². The van der Waals surface area contributed by atoms with Crippen LogP contribution in [0.5, 0.6) is 0 Å². The summed E-state index contributed by atoms with van der Waals surface area (Å²) in [6.45, 7) is 4.94. The molecular formula is C14H21N3O. The van der Waals surface area contributed by atoms with Crippen LogP contribution in [0.3, 0.4) is 0 Å². The third kappa shape index (κ3) is 2.63. The van der Waals surface area contributed by atoms with Gasteiger partial charge in [-0.25, -0.2) is 0 Å². The van der Waals surface area contributed by atoms with Crippen molar-refractivity contribution in [3.05, 3.63) is 24.0 Å². The third-order valence-corrected chi connectivity index (χ3v) is 3.65. The minimum atomic E-state index is 0.0541. The Hall–Kier alpha value is -1.58. The molecule has 1 aromatic heterocycles. The molecular weight excluding hydrogens is 226 g/mol. The maximum absolute atomic E-state index is 12.5. The highest BCUT2D eigenvalue weighted by Crippen LogP contribution is 2.35. The molecule has 1 saturated carbocycles. The quantitative estimate of drug-likeness (QED) is 0.869. The van der Waals surface area contributed by atoms with Crippen molar-refractivity contribution < 1.29 is 4.79 Å². The molecule has 4 heteroatoms. The number of aromatic nitrogens is 1. The average Bonchev–Trinajstić information content (AvgIpc) is 3.21. The van der Waals surface area contributed by atoms with Gasteiger partial charge in [-0.2, -0.15) is 0 Å². The molecule has 1 amide bonds. The zero-order valence-corrected chi connectivity index (χ0v) is 11.3. The van der Waals surface area contributed by atoms with Crippen molar-refractivity contribution in [3.63, 3.8) is 0 Å². The maximum Gasteiger partial charge on any atom is 0.257 e. The Kier molecular flexibility index (Phi) is 3.84. The lowest BCUT2D eigenvalue weighted by Crippen LogP contribution is -2.36. The molecule has 0 spiro atoms. The van der Waals surface area contributed by atoms with Gasteiger partial charge in [0.25, 0.3) is 5.91 Å². The highest BCUT2D eigenvalue weighted by Gasteiger charge is 2.33. The first-order valence-corrected chi connectivity index (χ1v) is 6.60. The van der Waals surface area contributed by atoms with E-state index in [-0.39, 0.29) is 5.91 Å². The van der Waals surface area contributed by atoms with Crippen LogP contribution in [0.25, 0.3) is 0 Å². The third-order valence-electron chi connectivity index (χ3n) is 3.65. The van der Waals surface area contributed by atoms with Crippen molar-refractivity contribution in [2.24, 2.45) is 5.92 Å². The molecule has 1 N–H and O–H groups in total. The molecule has 1 atom stereocenters. The van der Waals surface area contributed by atoms with Gasteiger partial charge >= 0.3 is 0 Å². The molecule has 2 rings (SSSR count). The monoisotopic (exact) mass is 247 g/mol. The van der Waals surface area contributed by atoms with Crippen LogP contribution < -0.4 is 5.32 Å². The first-order valence-electron chi connectivity index (χ1n) is 6.60. The van der Waals surface area contributed by atoms with E-state index in [4.69, 9.17) is 0 Å². The Morgan fingerprint density at radius 1 is 1.61 bits per heavy atom. The number of nitrogens with one attached hydrogen (secondary N) is 1. The fourth-order valence-electron chi connectivity index (χ4n) is 2.18. The van der Waals surface area contributed by atoms with Crippen molar-refractivity contribution >= 4 is 11.6 Å². The maximum atomic E-state index is 12.5. The molecule has 1 heterocycles. The lowest BCUT2D eigenvalue weighted by Gasteiger charge is -2.25. The first kappa shape index (κ1) is 12.9. The minimum Gasteiger partial charge on any atom is -0.385 e. The lowest BCUT2D eigenvalue weighted by atomic mass is 10.1. The summed E-state index contributed by atoms with van der Waals surface area (Å²) in [5.41, 5.74) is 1.53. The van der Waals surface area contributed by atoms with Crippen LogP contribution >= 0.6 is 0 Å². The molecule has 1 fully saturated rings. The Morgan fingerprint density at radius 2 is 2.33 bits per heavy atom. The number of pyridine rings is 1. The number of anilines is 1. The van der Waals surface area contributed by atoms with E-state index in [1.807, 2.05) is 24.9 Å². The topological polar surface area (TPSA) is 45.2 Å². The predicted molar refractivity (Wildman–Crippen MR) is 72.7 cm³/mol. The average molecular weight is 247 g/mol. The SMILES string of the molecule is CCNc1ccncc1C(=O)N(C)C(C)C1CC1. The van der Waals surface area contributed by atoms with Gasteiger partial charge in [0.05, 0.1) is 11.3 Å². The summed E-state index contributed by atoms with van der Waals surface area (Å²) in [6.07, 6.45) is 5.84. The van der Waals surface area contributed by atoms with Crippen LogP contribution in [-0.4, -0.2) is 35.4 Å². The number of amides is 1. The van der Waals surface area contributed by atoms with Crippen LogP contribution in [0.1, 0.15) is 37.0 Å². The highest BCUT2D eigenvalue weighted by atomic mass is 16.2. The van der Waals surface area contributed by atoms with E-state index in [2.05, 4.69) is 17.2 Å². The Labute approximate surface area is 108 Å². The molecule has 4 nitrogen and oxygen atoms in total. The van der Waals surface area contributed by atoms with E-state index >= 15 is 0 Å². The van der Waals surface area contributed by atoms with Gasteiger partial charge in [0.1, 0.15) is 0 Å². The molecule has 0 saturated heterocycles. The molecule has 0 radical (unpaired) electrons. The zero-order valence-electron chi connectivity index (χ0n) is 11.3. The molecule has 0 aromatic carbocycles. The smallest absolute Gasteiger partial charge is 0.257 e. The minimum absolute atomic E-state index is 0.0541. The molecule has 1 aliphatic carbocycles. The van der Waals surface area contributed by atoms with Gasteiger partial charge in [0, 0.05) is 32.0 Å². The van der Waals surface area contributed by atoms with Gasteiger partial charge < -0.3 is 10.2 Å². The number of hydrogen-bond acceptors (Lipinski definition) is 3. The van der Waals surface area contributed by atoms with E-state index in [1.165, 1.54) is 12.8 Å². The van der Waals surface area contributed by atoms with Crippen molar-refractivity contribution in [2.45, 2.75) is 32.7 Å². The van der Waals surface area contributed by atoms with Crippen molar-refractivity contribution in [3.8, 4) is 0 Å². The molecule has 0 aliphatic heterocycles. The molecule has 0 bridgehead atoms. The van der Waals surface area contributed by atoms with E-state index < -0.39 is 0 Å². The van der Waals surface area contributed by atoms with Crippen LogP contribution in [0.4, 0.5) is 5.69 Å². The van der Waals surface area contributed by atoms with Gasteiger partial charge in [-0.3, -0.25) is 9.78 Å². The molecule has 1 unspecified atom stereocenters. The van der Waals surface area contributed by atoms with Crippen molar-refractivity contribution in [1.29, 1.82) is 0 Å². The molecule has 1 aromatic rings. The number of carbonyl (C=O) groups excluding carboxylic acids is 1. The summed E-state index contributed by atoms with van der Waals surface area (Å²) >= 11 is 0. The fourth-order valence-corrected chi connectivity index (χ4v) is 2.18. The van der Waals surface area contributed by atoms with Crippen molar-refractivity contribution in [2.75, 3.05) is 18.9 Å². The molecule has 98 valence electrons.